The number of aliphatic carboxylic acids is 1. The summed E-state index contributed by atoms with van der Waals surface area (Å²) in [6, 6.07) is 0. The third-order valence-corrected chi connectivity index (χ3v) is 13.4. The van der Waals surface area contributed by atoms with E-state index in [0.717, 1.165) is 44.9 Å². The Morgan fingerprint density at radius 3 is 2.27 bits per heavy atom. The normalized spacial score (nSPS) is 55.3. The molecular formula is C30H48O3. The molecule has 0 aliphatic heterocycles. The van der Waals surface area contributed by atoms with E-state index < -0.39 is 11.4 Å². The first-order valence-electron chi connectivity index (χ1n) is 13.9. The first-order chi connectivity index (χ1) is 15.3. The molecular weight excluding hydrogens is 408 g/mol. The third kappa shape index (κ3) is 2.75. The molecule has 186 valence electrons. The highest BCUT2D eigenvalue weighted by Gasteiger charge is 2.69. The summed E-state index contributed by atoms with van der Waals surface area (Å²) in [5.74, 6) is 1.82. The van der Waals surface area contributed by atoms with E-state index in [1.165, 1.54) is 18.4 Å². The van der Waals surface area contributed by atoms with Crippen molar-refractivity contribution in [3.8, 4) is 0 Å². The molecule has 3 heteroatoms. The average Bonchev–Trinajstić information content (AvgIpc) is 2.74. The van der Waals surface area contributed by atoms with Crippen LogP contribution in [0.3, 0.4) is 0 Å². The zero-order valence-electron chi connectivity index (χ0n) is 22.2. The molecule has 3 nitrogen and oxygen atoms in total. The average molecular weight is 457 g/mol. The standard InChI is InChI=1S/C30H48O3/c1-18-10-15-30(25(32)33)17-16-28(6)20(24(30)19(18)2)8-9-22-27(5)13-12-23(31)26(3,4)21(27)11-14-29(22,28)7/h8,18-19,21-24,31H,9-17H2,1-7H3,(H,32,33)/t18-,19+,21+,22-,23+,24-,27+,28-,29-,30+/m1/s1. The molecule has 0 saturated heterocycles. The molecule has 0 unspecified atom stereocenters. The predicted octanol–water partition coefficient (Wildman–Crippen LogP) is 7.09. The summed E-state index contributed by atoms with van der Waals surface area (Å²) in [6.07, 6.45) is 11.6. The van der Waals surface area contributed by atoms with Crippen LogP contribution >= 0.6 is 0 Å². The highest BCUT2D eigenvalue weighted by atomic mass is 16.4. The lowest BCUT2D eigenvalue weighted by Crippen LogP contribution is -2.65. The van der Waals surface area contributed by atoms with Crippen LogP contribution in [0.15, 0.2) is 11.6 Å². The van der Waals surface area contributed by atoms with E-state index in [4.69, 9.17) is 0 Å². The van der Waals surface area contributed by atoms with Crippen LogP contribution in [0.5, 0.6) is 0 Å². The van der Waals surface area contributed by atoms with Gasteiger partial charge in [0.15, 0.2) is 0 Å². The van der Waals surface area contributed by atoms with Crippen LogP contribution in [0, 0.1) is 56.7 Å². The minimum atomic E-state index is -0.557. The molecule has 4 saturated carbocycles. The number of fused-ring (bicyclic) bond motifs is 7. The maximum atomic E-state index is 12.8. The zero-order chi connectivity index (χ0) is 24.2. The molecule has 5 rings (SSSR count). The summed E-state index contributed by atoms with van der Waals surface area (Å²) in [6.45, 7) is 17.0. The first kappa shape index (κ1) is 23.9. The lowest BCUT2D eigenvalue weighted by atomic mass is 9.33. The number of hydrogen-bond acceptors (Lipinski definition) is 2. The zero-order valence-corrected chi connectivity index (χ0v) is 22.2. The molecule has 0 aromatic heterocycles. The second kappa shape index (κ2) is 7.11. The van der Waals surface area contributed by atoms with E-state index in [-0.39, 0.29) is 33.7 Å². The largest absolute Gasteiger partial charge is 0.481 e. The molecule has 0 heterocycles. The Bertz CT molecular complexity index is 874. The highest BCUT2D eigenvalue weighted by molar-refractivity contribution is 5.76. The number of carboxylic acid groups (broad SMARTS) is 1. The third-order valence-electron chi connectivity index (χ3n) is 13.4. The molecule has 0 bridgehead atoms. The summed E-state index contributed by atoms with van der Waals surface area (Å²) in [4.78, 5) is 12.8. The molecule has 0 aromatic carbocycles. The second-order valence-electron chi connectivity index (χ2n) is 14.5. The van der Waals surface area contributed by atoms with Gasteiger partial charge in [0.2, 0.25) is 0 Å². The predicted molar refractivity (Wildman–Crippen MR) is 133 cm³/mol. The minimum absolute atomic E-state index is 0.0302. The van der Waals surface area contributed by atoms with Crippen molar-refractivity contribution in [3.63, 3.8) is 0 Å². The SMILES string of the molecule is C[C@H]1[C@H](C)CC[C@]2(C(=O)O)CC[C@]3(C)C(=CC[C@@H]4[C@@]5(C)CC[C@H](O)C(C)(C)[C@@H]5CC[C@]43C)[C@@H]12. The van der Waals surface area contributed by atoms with Crippen molar-refractivity contribution >= 4 is 5.97 Å². The number of hydrogen-bond donors (Lipinski definition) is 2. The van der Waals surface area contributed by atoms with Crippen LogP contribution < -0.4 is 0 Å². The van der Waals surface area contributed by atoms with Gasteiger partial charge in [0.25, 0.3) is 0 Å². The Morgan fingerprint density at radius 1 is 0.909 bits per heavy atom. The monoisotopic (exact) mass is 456 g/mol. The number of carboxylic acids is 1. The van der Waals surface area contributed by atoms with Crippen LogP contribution in [-0.4, -0.2) is 22.3 Å². The Balaban J connectivity index is 1.61. The summed E-state index contributed by atoms with van der Waals surface area (Å²) in [5.41, 5.74) is 1.46. The van der Waals surface area contributed by atoms with Crippen LogP contribution in [0.1, 0.15) is 106 Å². The van der Waals surface area contributed by atoms with Gasteiger partial charge in [0, 0.05) is 0 Å². The van der Waals surface area contributed by atoms with Gasteiger partial charge < -0.3 is 10.2 Å². The van der Waals surface area contributed by atoms with E-state index in [1.807, 2.05) is 0 Å². The topological polar surface area (TPSA) is 57.5 Å². The van der Waals surface area contributed by atoms with E-state index >= 15 is 0 Å². The van der Waals surface area contributed by atoms with Gasteiger partial charge in [-0.15, -0.1) is 0 Å². The van der Waals surface area contributed by atoms with Crippen LogP contribution in [0.2, 0.25) is 0 Å². The molecule has 10 atom stereocenters. The molecule has 5 aliphatic rings. The summed E-state index contributed by atoms with van der Waals surface area (Å²) in [7, 11) is 0. The smallest absolute Gasteiger partial charge is 0.310 e. The van der Waals surface area contributed by atoms with E-state index in [9.17, 15) is 15.0 Å². The lowest BCUT2D eigenvalue weighted by molar-refractivity contribution is -0.206. The summed E-state index contributed by atoms with van der Waals surface area (Å²) >= 11 is 0. The molecule has 5 aliphatic carbocycles. The number of carbonyl (C=O) groups is 1. The summed E-state index contributed by atoms with van der Waals surface area (Å²) < 4.78 is 0. The van der Waals surface area contributed by atoms with E-state index in [1.54, 1.807) is 0 Å². The molecule has 4 fully saturated rings. The van der Waals surface area contributed by atoms with Gasteiger partial charge in [-0.2, -0.15) is 0 Å². The van der Waals surface area contributed by atoms with Crippen molar-refractivity contribution < 1.29 is 15.0 Å². The van der Waals surface area contributed by atoms with Gasteiger partial charge in [-0.3, -0.25) is 4.79 Å². The quantitative estimate of drug-likeness (QED) is 0.414. The van der Waals surface area contributed by atoms with Gasteiger partial charge >= 0.3 is 5.97 Å². The summed E-state index contributed by atoms with van der Waals surface area (Å²) in [5, 5.41) is 21.4. The molecule has 33 heavy (non-hydrogen) atoms. The van der Waals surface area contributed by atoms with Crippen molar-refractivity contribution in [1.82, 2.24) is 0 Å². The lowest BCUT2D eigenvalue weighted by Gasteiger charge is -2.71. The van der Waals surface area contributed by atoms with Gasteiger partial charge in [0.1, 0.15) is 0 Å². The maximum absolute atomic E-state index is 12.8. The number of rotatable bonds is 1. The Labute approximate surface area is 201 Å². The van der Waals surface area contributed by atoms with Crippen LogP contribution in [-0.2, 0) is 4.79 Å². The molecule has 0 spiro atoms. The molecule has 0 amide bonds. The van der Waals surface area contributed by atoms with Crippen molar-refractivity contribution in [2.75, 3.05) is 0 Å². The first-order valence-corrected chi connectivity index (χ1v) is 13.9. The Hall–Kier alpha value is -0.830. The molecule has 0 radical (unpaired) electrons. The fraction of sp³-hybridized carbons (Fsp3) is 0.900. The number of aliphatic hydroxyl groups is 1. The highest BCUT2D eigenvalue weighted by Crippen LogP contribution is 2.75. The van der Waals surface area contributed by atoms with E-state index in [2.05, 4.69) is 54.5 Å². The van der Waals surface area contributed by atoms with Gasteiger partial charge in [0.05, 0.1) is 11.5 Å². The van der Waals surface area contributed by atoms with Crippen molar-refractivity contribution in [2.24, 2.45) is 56.7 Å². The van der Waals surface area contributed by atoms with Gasteiger partial charge in [-0.05, 0) is 109 Å². The van der Waals surface area contributed by atoms with Crippen molar-refractivity contribution in [1.29, 1.82) is 0 Å². The molecule has 0 aromatic rings. The maximum Gasteiger partial charge on any atom is 0.310 e. The van der Waals surface area contributed by atoms with Crippen LogP contribution in [0.25, 0.3) is 0 Å². The fourth-order valence-electron chi connectivity index (χ4n) is 10.8. The Morgan fingerprint density at radius 2 is 1.61 bits per heavy atom. The van der Waals surface area contributed by atoms with Crippen molar-refractivity contribution in [2.45, 2.75) is 112 Å². The Kier molecular flexibility index (Phi) is 5.15. The fourth-order valence-corrected chi connectivity index (χ4v) is 10.8. The number of allylic oxidation sites excluding steroid dienone is 2. The van der Waals surface area contributed by atoms with Gasteiger partial charge in [-0.1, -0.05) is 60.1 Å². The van der Waals surface area contributed by atoms with Crippen molar-refractivity contribution in [3.05, 3.63) is 11.6 Å². The van der Waals surface area contributed by atoms with Crippen LogP contribution in [0.4, 0.5) is 0 Å². The van der Waals surface area contributed by atoms with Gasteiger partial charge in [-0.25, -0.2) is 0 Å². The second-order valence-corrected chi connectivity index (χ2v) is 14.5. The van der Waals surface area contributed by atoms with E-state index in [0.29, 0.717) is 23.7 Å². The minimum Gasteiger partial charge on any atom is -0.481 e. The molecule has 2 N–H and O–H groups in total. The number of aliphatic hydroxyl groups excluding tert-OH is 1.